The van der Waals surface area contributed by atoms with Crippen molar-refractivity contribution in [2.45, 2.75) is 73.1 Å². The molecule has 0 atom stereocenters. The Morgan fingerprint density at radius 1 is 0.692 bits per heavy atom. The first-order chi connectivity index (χ1) is 18.4. The van der Waals surface area contributed by atoms with Crippen LogP contribution in [0, 0.1) is 26.5 Å². The third kappa shape index (κ3) is 4.93. The normalized spacial score (nSPS) is 12.0. The number of nitrogens with zero attached hydrogens (tertiary/aromatic N) is 4. The molecule has 0 N–H and O–H groups in total. The van der Waals surface area contributed by atoms with Crippen LogP contribution < -0.4 is 9.13 Å². The van der Waals surface area contributed by atoms with Crippen LogP contribution in [0.2, 0.25) is 0 Å². The van der Waals surface area contributed by atoms with Crippen molar-refractivity contribution < 1.29 is 9.13 Å². The smallest absolute Gasteiger partial charge is 0.244 e. The van der Waals surface area contributed by atoms with E-state index in [1.165, 1.54) is 44.5 Å². The minimum absolute atomic E-state index is 0.404. The fraction of sp³-hybridized carbons (Fsp3) is 0.371. The molecule has 0 aliphatic heterocycles. The lowest BCUT2D eigenvalue weighted by atomic mass is 9.81. The van der Waals surface area contributed by atoms with Crippen LogP contribution in [-0.4, -0.2) is 9.13 Å². The van der Waals surface area contributed by atoms with E-state index < -0.39 is 0 Å². The van der Waals surface area contributed by atoms with E-state index in [-0.39, 0.29) is 0 Å². The van der Waals surface area contributed by atoms with Gasteiger partial charge in [0.05, 0.1) is 25.1 Å². The monoisotopic (exact) mass is 518 g/mol. The lowest BCUT2D eigenvalue weighted by Gasteiger charge is -2.24. The quantitative estimate of drug-likeness (QED) is 0.165. The van der Waals surface area contributed by atoms with Crippen molar-refractivity contribution in [2.24, 2.45) is 14.1 Å². The second-order valence-corrected chi connectivity index (χ2v) is 12.1. The summed E-state index contributed by atoms with van der Waals surface area (Å²) in [5.41, 5.74) is 13.9. The summed E-state index contributed by atoms with van der Waals surface area (Å²) in [7, 11) is 4.09. The first kappa shape index (κ1) is 26.9. The standard InChI is InChI=1S/C35H42N4/c1-22(2)27-17-31(23(3)4)35(32(18-27)24(5)6)28-15-29(38-12-11-36(9)20-38)19-30(16-28)39-21-37(10)33-13-25(7)26(8)14-34(33)39/h11-19,22-24H,1-10H3. The van der Waals surface area contributed by atoms with Gasteiger partial charge in [0.2, 0.25) is 12.7 Å². The molecule has 0 saturated carbocycles. The summed E-state index contributed by atoms with van der Waals surface area (Å²) in [4.78, 5) is 0. The van der Waals surface area contributed by atoms with Crippen molar-refractivity contribution in [2.75, 3.05) is 0 Å². The van der Waals surface area contributed by atoms with E-state index in [1.807, 2.05) is 17.8 Å². The van der Waals surface area contributed by atoms with Crippen molar-refractivity contribution in [3.8, 4) is 22.5 Å². The Hall–Kier alpha value is -3.66. The maximum Gasteiger partial charge on any atom is 0.244 e. The molecule has 0 aliphatic carbocycles. The Kier molecular flexibility index (Phi) is 7.00. The first-order valence-corrected chi connectivity index (χ1v) is 14.2. The number of aromatic nitrogens is 4. The van der Waals surface area contributed by atoms with Crippen LogP contribution in [-0.2, 0) is 14.1 Å². The van der Waals surface area contributed by atoms with Crippen LogP contribution in [0.3, 0.4) is 0 Å². The molecular formula is C35H42N4. The number of rotatable bonds is 6. The summed E-state index contributed by atoms with van der Waals surface area (Å²) in [6.07, 6.45) is 11.1. The van der Waals surface area contributed by atoms with E-state index >= 15 is 0 Å². The molecule has 4 nitrogen and oxygen atoms in total. The maximum absolute atomic E-state index is 3.59. The maximum atomic E-state index is 3.59. The van der Waals surface area contributed by atoms with Gasteiger partial charge in [-0.05, 0) is 59.4 Å². The molecule has 0 spiro atoms. The largest absolute Gasteiger partial charge is 0.327 e. The summed E-state index contributed by atoms with van der Waals surface area (Å²) in [5.74, 6) is 1.29. The van der Waals surface area contributed by atoms with E-state index in [2.05, 4.69) is 137 Å². The number of fused-ring (bicyclic) bond motifs is 1. The molecule has 4 heteroatoms. The molecule has 0 radical (unpaired) electrons. The number of hydrogen-bond acceptors (Lipinski definition) is 0. The number of imidazole rings is 2. The van der Waals surface area contributed by atoms with Crippen molar-refractivity contribution in [1.82, 2.24) is 9.13 Å². The van der Waals surface area contributed by atoms with Crippen LogP contribution in [0.5, 0.6) is 0 Å². The van der Waals surface area contributed by atoms with Crippen molar-refractivity contribution in [1.29, 1.82) is 0 Å². The molecular weight excluding hydrogens is 476 g/mol. The van der Waals surface area contributed by atoms with Gasteiger partial charge < -0.3 is 18.3 Å². The summed E-state index contributed by atoms with van der Waals surface area (Å²) >= 11 is 0. The molecule has 5 rings (SSSR count). The van der Waals surface area contributed by atoms with E-state index in [4.69, 9.17) is 0 Å². The SMILES string of the molecule is Cc1cc2c(cc1C)[n+](-c1cc(-c3c(C(C)C)cc(C(C)C)cc3C(C)C)cc(-[n+]3[c-]n(C)cc3)c1)[c-]n2C. The highest BCUT2D eigenvalue weighted by atomic mass is 15.1. The summed E-state index contributed by atoms with van der Waals surface area (Å²) < 4.78 is 8.37. The van der Waals surface area contributed by atoms with E-state index in [1.54, 1.807) is 0 Å². The van der Waals surface area contributed by atoms with Gasteiger partial charge in [0.25, 0.3) is 0 Å². The molecule has 0 unspecified atom stereocenters. The fourth-order valence-electron chi connectivity index (χ4n) is 5.53. The number of aryl methyl sites for hydroxylation is 4. The Balaban J connectivity index is 1.86. The summed E-state index contributed by atoms with van der Waals surface area (Å²) in [5, 5.41) is 0. The van der Waals surface area contributed by atoms with Crippen LogP contribution in [0.15, 0.2) is 54.9 Å². The van der Waals surface area contributed by atoms with Crippen LogP contribution in [0.1, 0.15) is 87.1 Å². The van der Waals surface area contributed by atoms with Gasteiger partial charge in [0.15, 0.2) is 0 Å². The Morgan fingerprint density at radius 2 is 1.31 bits per heavy atom. The van der Waals surface area contributed by atoms with Gasteiger partial charge in [-0.15, -0.1) is 0 Å². The zero-order chi connectivity index (χ0) is 28.2. The average molecular weight is 519 g/mol. The van der Waals surface area contributed by atoms with E-state index in [0.717, 1.165) is 16.9 Å². The van der Waals surface area contributed by atoms with Gasteiger partial charge in [0.1, 0.15) is 0 Å². The van der Waals surface area contributed by atoms with Crippen molar-refractivity contribution in [3.63, 3.8) is 0 Å². The zero-order valence-corrected chi connectivity index (χ0v) is 25.2. The fourth-order valence-corrected chi connectivity index (χ4v) is 5.53. The van der Waals surface area contributed by atoms with Crippen molar-refractivity contribution >= 4 is 11.0 Å². The molecule has 0 saturated heterocycles. The molecule has 3 aromatic carbocycles. The van der Waals surface area contributed by atoms with Gasteiger partial charge in [0, 0.05) is 23.8 Å². The molecule has 0 bridgehead atoms. The lowest BCUT2D eigenvalue weighted by Crippen LogP contribution is -2.33. The van der Waals surface area contributed by atoms with Gasteiger partial charge in [-0.3, -0.25) is 0 Å². The predicted molar refractivity (Wildman–Crippen MR) is 160 cm³/mol. The highest BCUT2D eigenvalue weighted by Gasteiger charge is 2.20. The molecule has 39 heavy (non-hydrogen) atoms. The zero-order valence-electron chi connectivity index (χ0n) is 25.2. The third-order valence-corrected chi connectivity index (χ3v) is 8.01. The van der Waals surface area contributed by atoms with Crippen LogP contribution >= 0.6 is 0 Å². The highest BCUT2D eigenvalue weighted by Crippen LogP contribution is 2.39. The molecule has 2 heterocycles. The molecule has 202 valence electrons. The Bertz CT molecular complexity index is 1650. The lowest BCUT2D eigenvalue weighted by molar-refractivity contribution is -0.602. The highest BCUT2D eigenvalue weighted by molar-refractivity contribution is 5.77. The molecule has 0 fully saturated rings. The molecule has 5 aromatic rings. The van der Waals surface area contributed by atoms with E-state index in [0.29, 0.717) is 17.8 Å². The predicted octanol–water partition coefficient (Wildman–Crippen LogP) is 7.32. The minimum Gasteiger partial charge on any atom is -0.327 e. The number of benzene rings is 3. The second kappa shape index (κ2) is 10.1. The van der Waals surface area contributed by atoms with Gasteiger partial charge in [-0.25, -0.2) is 0 Å². The third-order valence-electron chi connectivity index (χ3n) is 8.01. The Morgan fingerprint density at radius 3 is 1.87 bits per heavy atom. The average Bonchev–Trinajstić information content (AvgIpc) is 3.46. The number of hydrogen-bond donors (Lipinski definition) is 0. The molecule has 0 aliphatic rings. The first-order valence-electron chi connectivity index (χ1n) is 14.2. The molecule has 0 amide bonds. The minimum atomic E-state index is 0.404. The topological polar surface area (TPSA) is 17.6 Å². The summed E-state index contributed by atoms with van der Waals surface area (Å²) in [6.45, 7) is 18.2. The summed E-state index contributed by atoms with van der Waals surface area (Å²) in [6, 6.07) is 16.3. The Labute approximate surface area is 234 Å². The van der Waals surface area contributed by atoms with Gasteiger partial charge in [-0.1, -0.05) is 95.1 Å². The van der Waals surface area contributed by atoms with Crippen molar-refractivity contribution in [3.05, 3.63) is 95.3 Å². The van der Waals surface area contributed by atoms with Crippen LogP contribution in [0.4, 0.5) is 0 Å². The van der Waals surface area contributed by atoms with Crippen LogP contribution in [0.25, 0.3) is 33.5 Å². The molecule has 2 aromatic heterocycles. The second-order valence-electron chi connectivity index (χ2n) is 12.1. The van der Waals surface area contributed by atoms with Gasteiger partial charge >= 0.3 is 0 Å². The van der Waals surface area contributed by atoms with E-state index in [9.17, 15) is 0 Å². The van der Waals surface area contributed by atoms with Gasteiger partial charge in [-0.2, -0.15) is 0 Å².